The van der Waals surface area contributed by atoms with Crippen molar-refractivity contribution in [3.05, 3.63) is 0 Å². The molecule has 0 spiro atoms. The standard InChI is InChI=1S/C12H20O2/c1-12(2)9-5-3-8(4-6-9)10(12)7-11(13)14/h8-10H,3-7H2,1-2H3,(H,13,14). The topological polar surface area (TPSA) is 37.3 Å². The smallest absolute Gasteiger partial charge is 0.303 e. The van der Waals surface area contributed by atoms with Crippen molar-refractivity contribution in [2.45, 2.75) is 46.0 Å². The Morgan fingerprint density at radius 3 is 2.29 bits per heavy atom. The minimum Gasteiger partial charge on any atom is -0.481 e. The number of aliphatic carboxylic acids is 1. The van der Waals surface area contributed by atoms with E-state index in [9.17, 15) is 4.79 Å². The molecule has 80 valence electrons. The Hall–Kier alpha value is -0.530. The molecule has 3 fully saturated rings. The normalized spacial score (nSPS) is 39.7. The molecule has 0 aromatic rings. The van der Waals surface area contributed by atoms with Crippen molar-refractivity contribution in [3.63, 3.8) is 0 Å². The Morgan fingerprint density at radius 1 is 1.29 bits per heavy atom. The SMILES string of the molecule is CC1(C)C2CCC(CC2)C1CC(=O)O. The molecule has 3 aliphatic carbocycles. The van der Waals surface area contributed by atoms with Gasteiger partial charge in [-0.1, -0.05) is 13.8 Å². The number of carboxylic acids is 1. The first-order valence-corrected chi connectivity index (χ1v) is 5.73. The molecule has 0 aromatic heterocycles. The molecule has 0 aromatic carbocycles. The van der Waals surface area contributed by atoms with Gasteiger partial charge in [0.15, 0.2) is 0 Å². The number of rotatable bonds is 2. The van der Waals surface area contributed by atoms with Gasteiger partial charge in [0, 0.05) is 6.42 Å². The maximum absolute atomic E-state index is 10.8. The minimum absolute atomic E-state index is 0.263. The van der Waals surface area contributed by atoms with Crippen molar-refractivity contribution in [1.29, 1.82) is 0 Å². The average molecular weight is 196 g/mol. The van der Waals surface area contributed by atoms with Crippen LogP contribution in [0.5, 0.6) is 0 Å². The van der Waals surface area contributed by atoms with Crippen LogP contribution in [0.4, 0.5) is 0 Å². The molecule has 0 aliphatic heterocycles. The van der Waals surface area contributed by atoms with Gasteiger partial charge in [-0.15, -0.1) is 0 Å². The largest absolute Gasteiger partial charge is 0.481 e. The molecule has 2 heteroatoms. The highest BCUT2D eigenvalue weighted by molar-refractivity contribution is 5.67. The van der Waals surface area contributed by atoms with Crippen LogP contribution in [0.3, 0.4) is 0 Å². The van der Waals surface area contributed by atoms with Crippen LogP contribution in [0.15, 0.2) is 0 Å². The summed E-state index contributed by atoms with van der Waals surface area (Å²) < 4.78 is 0. The van der Waals surface area contributed by atoms with Crippen LogP contribution >= 0.6 is 0 Å². The second-order valence-electron chi connectivity index (χ2n) is 5.64. The van der Waals surface area contributed by atoms with Crippen molar-refractivity contribution in [1.82, 2.24) is 0 Å². The second-order valence-corrected chi connectivity index (χ2v) is 5.64. The Balaban J connectivity index is 2.17. The van der Waals surface area contributed by atoms with Gasteiger partial charge >= 0.3 is 5.97 Å². The van der Waals surface area contributed by atoms with Crippen LogP contribution in [0.25, 0.3) is 0 Å². The second kappa shape index (κ2) is 3.25. The molecule has 3 aliphatic rings. The highest BCUT2D eigenvalue weighted by Crippen LogP contribution is 2.56. The van der Waals surface area contributed by atoms with E-state index in [4.69, 9.17) is 5.11 Å². The van der Waals surface area contributed by atoms with E-state index in [2.05, 4.69) is 13.8 Å². The molecule has 1 unspecified atom stereocenters. The van der Waals surface area contributed by atoms with Crippen LogP contribution in [0.2, 0.25) is 0 Å². The number of fused-ring (bicyclic) bond motifs is 3. The minimum atomic E-state index is -0.615. The number of carboxylic acid groups (broad SMARTS) is 1. The van der Waals surface area contributed by atoms with E-state index in [1.165, 1.54) is 25.7 Å². The summed E-state index contributed by atoms with van der Waals surface area (Å²) in [4.78, 5) is 10.8. The molecule has 2 nitrogen and oxygen atoms in total. The Kier molecular flexibility index (Phi) is 2.32. The van der Waals surface area contributed by atoms with Crippen molar-refractivity contribution in [2.24, 2.45) is 23.2 Å². The first kappa shape index (κ1) is 10.0. The fourth-order valence-corrected chi connectivity index (χ4v) is 3.79. The number of hydrogen-bond acceptors (Lipinski definition) is 1. The maximum atomic E-state index is 10.8. The molecule has 14 heavy (non-hydrogen) atoms. The molecule has 0 radical (unpaired) electrons. The maximum Gasteiger partial charge on any atom is 0.303 e. The molecule has 0 saturated heterocycles. The van der Waals surface area contributed by atoms with Crippen LogP contribution in [0.1, 0.15) is 46.0 Å². The third-order valence-corrected chi connectivity index (χ3v) is 4.74. The third kappa shape index (κ3) is 1.45. The van der Waals surface area contributed by atoms with Crippen LogP contribution in [-0.2, 0) is 4.79 Å². The van der Waals surface area contributed by atoms with E-state index < -0.39 is 5.97 Å². The van der Waals surface area contributed by atoms with E-state index >= 15 is 0 Å². The molecule has 0 amide bonds. The zero-order valence-electron chi connectivity index (χ0n) is 9.12. The molecule has 3 saturated carbocycles. The molecule has 0 heterocycles. The van der Waals surface area contributed by atoms with Crippen LogP contribution < -0.4 is 0 Å². The van der Waals surface area contributed by atoms with Gasteiger partial charge in [-0.2, -0.15) is 0 Å². The van der Waals surface area contributed by atoms with Crippen LogP contribution in [-0.4, -0.2) is 11.1 Å². The lowest BCUT2D eigenvalue weighted by molar-refractivity contribution is -0.143. The van der Waals surface area contributed by atoms with Gasteiger partial charge in [0.1, 0.15) is 0 Å². The summed E-state index contributed by atoms with van der Waals surface area (Å²) >= 11 is 0. The van der Waals surface area contributed by atoms with E-state index in [-0.39, 0.29) is 5.41 Å². The first-order valence-electron chi connectivity index (χ1n) is 5.73. The molecular weight excluding hydrogens is 176 g/mol. The van der Waals surface area contributed by atoms with Crippen molar-refractivity contribution >= 4 is 5.97 Å². The summed E-state index contributed by atoms with van der Waals surface area (Å²) in [6.07, 6.45) is 5.58. The van der Waals surface area contributed by atoms with Gasteiger partial charge < -0.3 is 5.11 Å². The van der Waals surface area contributed by atoms with E-state index in [1.54, 1.807) is 0 Å². The van der Waals surface area contributed by atoms with Gasteiger partial charge in [0.05, 0.1) is 0 Å². The molecular formula is C12H20O2. The lowest BCUT2D eigenvalue weighted by Gasteiger charge is -2.54. The predicted octanol–water partition coefficient (Wildman–Crippen LogP) is 2.92. The first-order chi connectivity index (χ1) is 6.51. The lowest BCUT2D eigenvalue weighted by Crippen LogP contribution is -2.46. The highest BCUT2D eigenvalue weighted by Gasteiger charge is 2.49. The quantitative estimate of drug-likeness (QED) is 0.737. The highest BCUT2D eigenvalue weighted by atomic mass is 16.4. The fourth-order valence-electron chi connectivity index (χ4n) is 3.79. The van der Waals surface area contributed by atoms with E-state index in [1.807, 2.05) is 0 Å². The Morgan fingerprint density at radius 2 is 1.86 bits per heavy atom. The van der Waals surface area contributed by atoms with Gasteiger partial charge in [-0.05, 0) is 48.9 Å². The van der Waals surface area contributed by atoms with Gasteiger partial charge in [-0.3, -0.25) is 4.79 Å². The summed E-state index contributed by atoms with van der Waals surface area (Å²) in [7, 11) is 0. The van der Waals surface area contributed by atoms with Crippen molar-refractivity contribution < 1.29 is 9.90 Å². The van der Waals surface area contributed by atoms with Crippen molar-refractivity contribution in [3.8, 4) is 0 Å². The summed E-state index contributed by atoms with van der Waals surface area (Å²) in [6.45, 7) is 4.55. The average Bonchev–Trinajstić information content (AvgIpc) is 2.12. The third-order valence-electron chi connectivity index (χ3n) is 4.74. The fraction of sp³-hybridized carbons (Fsp3) is 0.917. The molecule has 1 atom stereocenters. The molecule has 3 rings (SSSR count). The number of carbonyl (C=O) groups is 1. The Labute approximate surface area is 85.7 Å². The zero-order chi connectivity index (χ0) is 10.3. The zero-order valence-corrected chi connectivity index (χ0v) is 9.12. The lowest BCUT2D eigenvalue weighted by atomic mass is 9.51. The van der Waals surface area contributed by atoms with E-state index in [0.29, 0.717) is 18.3 Å². The van der Waals surface area contributed by atoms with Gasteiger partial charge in [0.25, 0.3) is 0 Å². The van der Waals surface area contributed by atoms with E-state index in [0.717, 1.165) is 5.92 Å². The number of hydrogen-bond donors (Lipinski definition) is 1. The summed E-state index contributed by atoms with van der Waals surface area (Å²) in [5, 5.41) is 8.93. The monoisotopic (exact) mass is 196 g/mol. The van der Waals surface area contributed by atoms with Crippen LogP contribution in [0, 0.1) is 23.2 Å². The van der Waals surface area contributed by atoms with Gasteiger partial charge in [-0.25, -0.2) is 0 Å². The molecule has 2 bridgehead atoms. The van der Waals surface area contributed by atoms with Gasteiger partial charge in [0.2, 0.25) is 0 Å². The van der Waals surface area contributed by atoms with Crippen molar-refractivity contribution in [2.75, 3.05) is 0 Å². The summed E-state index contributed by atoms with van der Waals surface area (Å²) in [5.41, 5.74) is 0.263. The molecule has 1 N–H and O–H groups in total. The Bertz CT molecular complexity index is 237. The predicted molar refractivity (Wildman–Crippen MR) is 55.0 cm³/mol. The summed E-state index contributed by atoms with van der Waals surface area (Å²) in [6, 6.07) is 0. The summed E-state index contributed by atoms with van der Waals surface area (Å²) in [5.74, 6) is 1.27.